The molecule has 6 heteroatoms. The van der Waals surface area contributed by atoms with Crippen molar-refractivity contribution in [1.82, 2.24) is 19.7 Å². The lowest BCUT2D eigenvalue weighted by Crippen LogP contribution is -2.30. The van der Waals surface area contributed by atoms with Crippen LogP contribution in [0.3, 0.4) is 0 Å². The van der Waals surface area contributed by atoms with Crippen molar-refractivity contribution in [3.63, 3.8) is 0 Å². The van der Waals surface area contributed by atoms with E-state index in [0.29, 0.717) is 11.4 Å². The first kappa shape index (κ1) is 17.2. The molecule has 0 spiro atoms. The monoisotopic (exact) mass is 354 g/mol. The Morgan fingerprint density at radius 3 is 2.44 bits per heavy atom. The first-order valence-electron chi connectivity index (χ1n) is 7.99. The van der Waals surface area contributed by atoms with E-state index in [2.05, 4.69) is 10.1 Å². The summed E-state index contributed by atoms with van der Waals surface area (Å²) in [6, 6.07) is 15.3. The molecule has 0 saturated carbocycles. The van der Waals surface area contributed by atoms with E-state index < -0.39 is 0 Å². The molecule has 128 valence electrons. The van der Waals surface area contributed by atoms with Gasteiger partial charge in [0.2, 0.25) is 5.91 Å². The van der Waals surface area contributed by atoms with E-state index in [4.69, 9.17) is 11.6 Å². The van der Waals surface area contributed by atoms with Crippen LogP contribution in [0.1, 0.15) is 24.1 Å². The average Bonchev–Trinajstić information content (AvgIpc) is 3.17. The number of benzene rings is 2. The molecule has 0 fully saturated rings. The van der Waals surface area contributed by atoms with Gasteiger partial charge in [0.25, 0.3) is 0 Å². The van der Waals surface area contributed by atoms with Crippen molar-refractivity contribution in [2.75, 3.05) is 7.05 Å². The number of halogens is 1. The molecule has 3 aromatic rings. The molecule has 0 saturated heterocycles. The molecule has 1 amide bonds. The van der Waals surface area contributed by atoms with E-state index in [9.17, 15) is 4.79 Å². The van der Waals surface area contributed by atoms with Crippen molar-refractivity contribution in [3.8, 4) is 5.69 Å². The fourth-order valence-electron chi connectivity index (χ4n) is 2.59. The third-order valence-electron chi connectivity index (χ3n) is 4.30. The lowest BCUT2D eigenvalue weighted by atomic mass is 10.1. The second-order valence-electron chi connectivity index (χ2n) is 5.92. The Labute approximate surface area is 151 Å². The molecular formula is C19H19ClN4O. The van der Waals surface area contributed by atoms with Crippen LogP contribution in [0.15, 0.2) is 61.2 Å². The second-order valence-corrected chi connectivity index (χ2v) is 6.35. The van der Waals surface area contributed by atoms with Gasteiger partial charge in [0, 0.05) is 12.1 Å². The van der Waals surface area contributed by atoms with Gasteiger partial charge in [-0.15, -0.1) is 0 Å². The number of hydrogen-bond acceptors (Lipinski definition) is 3. The molecule has 25 heavy (non-hydrogen) atoms. The number of carbonyl (C=O) groups is 1. The molecule has 1 aromatic heterocycles. The van der Waals surface area contributed by atoms with E-state index >= 15 is 0 Å². The van der Waals surface area contributed by atoms with Gasteiger partial charge in [0.15, 0.2) is 0 Å². The van der Waals surface area contributed by atoms with Crippen molar-refractivity contribution in [1.29, 1.82) is 0 Å². The zero-order valence-corrected chi connectivity index (χ0v) is 14.9. The van der Waals surface area contributed by atoms with E-state index in [1.54, 1.807) is 28.0 Å². The summed E-state index contributed by atoms with van der Waals surface area (Å²) < 4.78 is 1.70. The van der Waals surface area contributed by atoms with Gasteiger partial charge in [0.1, 0.15) is 12.7 Å². The molecule has 0 unspecified atom stereocenters. The fraction of sp³-hybridized carbons (Fsp3) is 0.211. The van der Waals surface area contributed by atoms with E-state index in [1.807, 2.05) is 50.4 Å². The minimum atomic E-state index is -0.0235. The van der Waals surface area contributed by atoms with Gasteiger partial charge in [0.05, 0.1) is 18.2 Å². The number of hydrogen-bond donors (Lipinski definition) is 0. The zero-order chi connectivity index (χ0) is 17.8. The molecule has 0 aliphatic carbocycles. The van der Waals surface area contributed by atoms with Gasteiger partial charge in [-0.3, -0.25) is 4.79 Å². The Balaban J connectivity index is 1.67. The quantitative estimate of drug-likeness (QED) is 0.702. The Kier molecular flexibility index (Phi) is 5.14. The van der Waals surface area contributed by atoms with Crippen LogP contribution in [0.5, 0.6) is 0 Å². The lowest BCUT2D eigenvalue weighted by molar-refractivity contribution is -0.131. The summed E-state index contributed by atoms with van der Waals surface area (Å²) in [4.78, 5) is 18.2. The summed E-state index contributed by atoms with van der Waals surface area (Å²) in [6.45, 7) is 2.02. The minimum Gasteiger partial charge on any atom is -0.339 e. The van der Waals surface area contributed by atoms with Gasteiger partial charge in [-0.25, -0.2) is 9.67 Å². The van der Waals surface area contributed by atoms with Gasteiger partial charge < -0.3 is 4.90 Å². The molecule has 5 nitrogen and oxygen atoms in total. The van der Waals surface area contributed by atoms with Gasteiger partial charge in [-0.05, 0) is 42.3 Å². The van der Waals surface area contributed by atoms with Gasteiger partial charge in [-0.2, -0.15) is 5.10 Å². The fourth-order valence-corrected chi connectivity index (χ4v) is 2.71. The van der Waals surface area contributed by atoms with Crippen LogP contribution in [0, 0.1) is 0 Å². The van der Waals surface area contributed by atoms with Gasteiger partial charge >= 0.3 is 0 Å². The lowest BCUT2D eigenvalue weighted by Gasteiger charge is -2.25. The molecule has 0 aliphatic heterocycles. The van der Waals surface area contributed by atoms with Crippen molar-refractivity contribution >= 4 is 17.5 Å². The second kappa shape index (κ2) is 7.49. The summed E-state index contributed by atoms with van der Waals surface area (Å²) in [5.74, 6) is 0.0650. The Hall–Kier alpha value is -2.66. The predicted molar refractivity (Wildman–Crippen MR) is 97.7 cm³/mol. The number of amides is 1. The molecular weight excluding hydrogens is 336 g/mol. The summed E-state index contributed by atoms with van der Waals surface area (Å²) in [6.07, 6.45) is 3.51. The maximum atomic E-state index is 12.5. The Morgan fingerprint density at radius 1 is 1.16 bits per heavy atom. The van der Waals surface area contributed by atoms with E-state index in [-0.39, 0.29) is 11.9 Å². The number of nitrogens with zero attached hydrogens (tertiary/aromatic N) is 4. The first-order valence-corrected chi connectivity index (χ1v) is 8.37. The molecule has 2 aromatic carbocycles. The number of likely N-dealkylation sites (N-methyl/N-ethyl adjacent to an activating group) is 1. The molecule has 1 atom stereocenters. The highest BCUT2D eigenvalue weighted by Gasteiger charge is 2.17. The highest BCUT2D eigenvalue weighted by Crippen LogP contribution is 2.21. The molecule has 0 radical (unpaired) electrons. The van der Waals surface area contributed by atoms with E-state index in [1.165, 1.54) is 6.33 Å². The maximum absolute atomic E-state index is 12.5. The van der Waals surface area contributed by atoms with Crippen LogP contribution in [-0.2, 0) is 11.2 Å². The highest BCUT2D eigenvalue weighted by molar-refractivity contribution is 6.30. The van der Waals surface area contributed by atoms with Crippen LogP contribution >= 0.6 is 11.6 Å². The standard InChI is InChI=1S/C19H19ClN4O/c1-14(16-5-9-18(10-6-16)24-13-21-12-22-24)23(2)19(25)11-15-3-7-17(20)8-4-15/h3-10,12-14H,11H2,1-2H3/t14-/m0/s1. The predicted octanol–water partition coefficient (Wildman–Crippen LogP) is 3.68. The first-order chi connectivity index (χ1) is 12.0. The van der Waals surface area contributed by atoms with Crippen LogP contribution in [0.25, 0.3) is 5.69 Å². The van der Waals surface area contributed by atoms with Crippen LogP contribution in [0.4, 0.5) is 0 Å². The third-order valence-corrected chi connectivity index (χ3v) is 4.55. The highest BCUT2D eigenvalue weighted by atomic mass is 35.5. The summed E-state index contributed by atoms with van der Waals surface area (Å²) in [5, 5.41) is 4.78. The summed E-state index contributed by atoms with van der Waals surface area (Å²) in [5.41, 5.74) is 2.95. The smallest absolute Gasteiger partial charge is 0.227 e. The number of aromatic nitrogens is 3. The SMILES string of the molecule is C[C@@H](c1ccc(-n2cncn2)cc1)N(C)C(=O)Cc1ccc(Cl)cc1. The maximum Gasteiger partial charge on any atom is 0.227 e. The molecule has 0 aliphatic rings. The zero-order valence-electron chi connectivity index (χ0n) is 14.1. The molecule has 3 rings (SSSR count). The number of rotatable bonds is 5. The van der Waals surface area contributed by atoms with Crippen LogP contribution in [-0.4, -0.2) is 32.6 Å². The summed E-state index contributed by atoms with van der Waals surface area (Å²) in [7, 11) is 1.83. The van der Waals surface area contributed by atoms with Crippen molar-refractivity contribution < 1.29 is 4.79 Å². The average molecular weight is 355 g/mol. The largest absolute Gasteiger partial charge is 0.339 e. The van der Waals surface area contributed by atoms with Crippen LogP contribution in [0.2, 0.25) is 5.02 Å². The minimum absolute atomic E-state index is 0.0235. The summed E-state index contributed by atoms with van der Waals surface area (Å²) >= 11 is 5.89. The number of carbonyl (C=O) groups excluding carboxylic acids is 1. The topological polar surface area (TPSA) is 51.0 Å². The van der Waals surface area contributed by atoms with Crippen molar-refractivity contribution in [3.05, 3.63) is 77.3 Å². The van der Waals surface area contributed by atoms with Crippen LogP contribution < -0.4 is 0 Å². The Bertz CT molecular complexity index is 829. The Morgan fingerprint density at radius 2 is 1.84 bits per heavy atom. The van der Waals surface area contributed by atoms with E-state index in [0.717, 1.165) is 16.8 Å². The third kappa shape index (κ3) is 4.06. The molecule has 0 bridgehead atoms. The van der Waals surface area contributed by atoms with Crippen molar-refractivity contribution in [2.24, 2.45) is 0 Å². The molecule has 0 N–H and O–H groups in total. The molecule has 1 heterocycles. The normalized spacial score (nSPS) is 12.0. The van der Waals surface area contributed by atoms with Gasteiger partial charge in [-0.1, -0.05) is 35.9 Å². The van der Waals surface area contributed by atoms with Crippen molar-refractivity contribution in [2.45, 2.75) is 19.4 Å².